The molecule has 0 fully saturated rings. The molecule has 1 aromatic heterocycles. The second-order valence-electron chi connectivity index (χ2n) is 8.21. The predicted octanol–water partition coefficient (Wildman–Crippen LogP) is 5.59. The first-order chi connectivity index (χ1) is 14.9. The van der Waals surface area contributed by atoms with Crippen LogP contribution < -0.4 is 0 Å². The molecule has 8 heteroatoms. The number of alkyl halides is 3. The number of benzene rings is 2. The lowest BCUT2D eigenvalue weighted by atomic mass is 9.97. The second kappa shape index (κ2) is 8.61. The molecule has 0 saturated heterocycles. The van der Waals surface area contributed by atoms with Gasteiger partial charge in [0, 0.05) is 18.0 Å². The topological polar surface area (TPSA) is 65.5 Å². The van der Waals surface area contributed by atoms with Crippen LogP contribution in [0.3, 0.4) is 0 Å². The summed E-state index contributed by atoms with van der Waals surface area (Å²) >= 11 is 0. The quantitative estimate of drug-likeness (QED) is 0.490. The fourth-order valence-corrected chi connectivity index (χ4v) is 3.30. The maximum Gasteiger partial charge on any atom is 0.417 e. The van der Waals surface area contributed by atoms with E-state index in [9.17, 15) is 22.8 Å². The normalized spacial score (nSPS) is 12.0. The summed E-state index contributed by atoms with van der Waals surface area (Å²) in [6, 6.07) is 10.5. The van der Waals surface area contributed by atoms with E-state index >= 15 is 0 Å². The summed E-state index contributed by atoms with van der Waals surface area (Å²) in [5, 5.41) is 1.21. The van der Waals surface area contributed by atoms with Gasteiger partial charge in [0.15, 0.2) is 0 Å². The number of carbonyl (C=O) groups excluding carboxylic acids is 2. The van der Waals surface area contributed by atoms with Gasteiger partial charge in [-0.15, -0.1) is 0 Å². The van der Waals surface area contributed by atoms with E-state index in [4.69, 9.17) is 9.47 Å². The van der Waals surface area contributed by atoms with Crippen LogP contribution in [-0.4, -0.2) is 29.6 Å². The van der Waals surface area contributed by atoms with Crippen molar-refractivity contribution in [2.75, 3.05) is 7.11 Å². The van der Waals surface area contributed by atoms with Gasteiger partial charge in [-0.3, -0.25) is 4.98 Å². The highest BCUT2D eigenvalue weighted by Gasteiger charge is 2.36. The Morgan fingerprint density at radius 3 is 2.19 bits per heavy atom. The molecule has 0 radical (unpaired) electrons. The first kappa shape index (κ1) is 23.2. The molecule has 0 spiro atoms. The molecule has 0 unspecified atom stereocenters. The first-order valence-corrected chi connectivity index (χ1v) is 9.79. The van der Waals surface area contributed by atoms with Crippen molar-refractivity contribution in [2.24, 2.45) is 0 Å². The lowest BCUT2D eigenvalue weighted by Crippen LogP contribution is -2.26. The molecular formula is C24H22F3NO4. The lowest BCUT2D eigenvalue weighted by molar-refractivity contribution is -0.138. The van der Waals surface area contributed by atoms with Crippen LogP contribution in [0, 0.1) is 0 Å². The number of ether oxygens (including phenoxy) is 2. The number of hydrogen-bond acceptors (Lipinski definition) is 5. The number of nitrogens with zero attached hydrogens (tertiary/aromatic N) is 1. The Bertz CT molecular complexity index is 1180. The Balaban J connectivity index is 2.04. The average Bonchev–Trinajstić information content (AvgIpc) is 2.71. The van der Waals surface area contributed by atoms with E-state index in [0.29, 0.717) is 22.0 Å². The van der Waals surface area contributed by atoms with E-state index in [2.05, 4.69) is 4.98 Å². The van der Waals surface area contributed by atoms with Crippen LogP contribution in [0.25, 0.3) is 10.8 Å². The van der Waals surface area contributed by atoms with Crippen molar-refractivity contribution < 1.29 is 32.2 Å². The molecule has 0 saturated carbocycles. The summed E-state index contributed by atoms with van der Waals surface area (Å²) in [5.74, 6) is -1.59. The van der Waals surface area contributed by atoms with Crippen molar-refractivity contribution in [3.05, 3.63) is 76.6 Å². The van der Waals surface area contributed by atoms with E-state index in [1.54, 1.807) is 45.0 Å². The van der Waals surface area contributed by atoms with Gasteiger partial charge in [0.25, 0.3) is 0 Å². The third-order valence-electron chi connectivity index (χ3n) is 4.66. The highest BCUT2D eigenvalue weighted by Crippen LogP contribution is 2.34. The van der Waals surface area contributed by atoms with Crippen LogP contribution in [0.4, 0.5) is 13.2 Å². The van der Waals surface area contributed by atoms with E-state index in [0.717, 1.165) is 12.1 Å². The van der Waals surface area contributed by atoms with Gasteiger partial charge in [-0.1, -0.05) is 30.3 Å². The summed E-state index contributed by atoms with van der Waals surface area (Å²) in [4.78, 5) is 28.6. The fourth-order valence-electron chi connectivity index (χ4n) is 3.30. The molecule has 0 amide bonds. The molecule has 3 rings (SSSR count). The molecule has 0 aliphatic heterocycles. The van der Waals surface area contributed by atoms with Gasteiger partial charge in [0.1, 0.15) is 5.60 Å². The Kier molecular flexibility index (Phi) is 6.25. The molecule has 3 aromatic rings. The largest absolute Gasteiger partial charge is 0.465 e. The maximum absolute atomic E-state index is 13.7. The smallest absolute Gasteiger partial charge is 0.417 e. The molecule has 0 bridgehead atoms. The number of fused-ring (bicyclic) bond motifs is 1. The molecule has 1 heterocycles. The highest BCUT2D eigenvalue weighted by atomic mass is 19.4. The van der Waals surface area contributed by atoms with Crippen molar-refractivity contribution in [1.82, 2.24) is 4.98 Å². The number of pyridine rings is 1. The average molecular weight is 445 g/mol. The number of methoxy groups -OCH3 is 1. The molecular weight excluding hydrogens is 423 g/mol. The summed E-state index contributed by atoms with van der Waals surface area (Å²) < 4.78 is 51.1. The SMILES string of the molecule is COC(=O)c1cnc(Cc2ccc(C(=O)OC(C)(C)C)c(C(F)(F)F)c2)c2ccccc12. The van der Waals surface area contributed by atoms with E-state index < -0.39 is 34.8 Å². The number of rotatable bonds is 4. The summed E-state index contributed by atoms with van der Waals surface area (Å²) in [7, 11) is 1.26. The monoisotopic (exact) mass is 445 g/mol. The van der Waals surface area contributed by atoms with Crippen LogP contribution in [0.1, 0.15) is 58.3 Å². The van der Waals surface area contributed by atoms with E-state index in [1.807, 2.05) is 0 Å². The molecule has 0 aliphatic rings. The van der Waals surface area contributed by atoms with Gasteiger partial charge in [-0.25, -0.2) is 9.59 Å². The van der Waals surface area contributed by atoms with Crippen molar-refractivity contribution >= 4 is 22.7 Å². The van der Waals surface area contributed by atoms with Gasteiger partial charge >= 0.3 is 18.1 Å². The summed E-state index contributed by atoms with van der Waals surface area (Å²) in [6.07, 6.45) is -3.32. The number of carbonyl (C=O) groups is 2. The van der Waals surface area contributed by atoms with Gasteiger partial charge in [0.2, 0.25) is 0 Å². The Hall–Kier alpha value is -3.42. The van der Waals surface area contributed by atoms with Crippen molar-refractivity contribution in [2.45, 2.75) is 39.0 Å². The van der Waals surface area contributed by atoms with Crippen molar-refractivity contribution in [3.63, 3.8) is 0 Å². The van der Waals surface area contributed by atoms with Crippen LogP contribution in [0.2, 0.25) is 0 Å². The van der Waals surface area contributed by atoms with Gasteiger partial charge in [0.05, 0.1) is 29.5 Å². The van der Waals surface area contributed by atoms with Crippen LogP contribution in [-0.2, 0) is 22.1 Å². The van der Waals surface area contributed by atoms with Crippen molar-refractivity contribution in [3.8, 4) is 0 Å². The van der Waals surface area contributed by atoms with E-state index in [-0.39, 0.29) is 12.0 Å². The Labute approximate surface area is 183 Å². The standard InChI is InChI=1S/C24H22F3NO4/c1-23(2,3)32-22(30)17-10-9-14(11-19(17)24(25,26)27)12-20-16-8-6-5-7-15(16)18(13-28-20)21(29)31-4/h5-11,13H,12H2,1-4H3. The maximum atomic E-state index is 13.7. The molecule has 5 nitrogen and oxygen atoms in total. The van der Waals surface area contributed by atoms with Gasteiger partial charge < -0.3 is 9.47 Å². The van der Waals surface area contributed by atoms with Crippen molar-refractivity contribution in [1.29, 1.82) is 0 Å². The highest BCUT2D eigenvalue weighted by molar-refractivity contribution is 6.04. The van der Waals surface area contributed by atoms with E-state index in [1.165, 1.54) is 19.4 Å². The molecule has 168 valence electrons. The molecule has 2 aromatic carbocycles. The molecule has 0 atom stereocenters. The first-order valence-electron chi connectivity index (χ1n) is 9.79. The molecule has 0 aliphatic carbocycles. The Morgan fingerprint density at radius 1 is 0.938 bits per heavy atom. The zero-order valence-electron chi connectivity index (χ0n) is 18.0. The number of hydrogen-bond donors (Lipinski definition) is 0. The Morgan fingerprint density at radius 2 is 1.59 bits per heavy atom. The lowest BCUT2D eigenvalue weighted by Gasteiger charge is -2.21. The minimum Gasteiger partial charge on any atom is -0.465 e. The number of halogens is 3. The third-order valence-corrected chi connectivity index (χ3v) is 4.66. The minimum atomic E-state index is -4.74. The van der Waals surface area contributed by atoms with Crippen LogP contribution >= 0.6 is 0 Å². The zero-order chi connectivity index (χ0) is 23.7. The number of aromatic nitrogens is 1. The molecule has 0 N–H and O–H groups in total. The minimum absolute atomic E-state index is 0.0691. The fraction of sp³-hybridized carbons (Fsp3) is 0.292. The van der Waals surface area contributed by atoms with Crippen LogP contribution in [0.5, 0.6) is 0 Å². The van der Waals surface area contributed by atoms with Gasteiger partial charge in [-0.2, -0.15) is 13.2 Å². The van der Waals surface area contributed by atoms with Crippen LogP contribution in [0.15, 0.2) is 48.7 Å². The second-order valence-corrected chi connectivity index (χ2v) is 8.21. The molecule has 32 heavy (non-hydrogen) atoms. The summed E-state index contributed by atoms with van der Waals surface area (Å²) in [5.41, 5.74) is -1.47. The summed E-state index contributed by atoms with van der Waals surface area (Å²) in [6.45, 7) is 4.75. The zero-order valence-corrected chi connectivity index (χ0v) is 18.0. The number of esters is 2. The van der Waals surface area contributed by atoms with Gasteiger partial charge in [-0.05, 0) is 43.9 Å². The predicted molar refractivity (Wildman–Crippen MR) is 113 cm³/mol. The third kappa shape index (κ3) is 5.07.